The second-order valence-electron chi connectivity index (χ2n) is 3.67. The fraction of sp³-hybridized carbons (Fsp3) is 0.667. The first-order valence-electron chi connectivity index (χ1n) is 4.55. The summed E-state index contributed by atoms with van der Waals surface area (Å²) in [7, 11) is 1.76. The number of H-pyrrole nitrogens is 1. The van der Waals surface area contributed by atoms with E-state index in [4.69, 9.17) is 10.5 Å². The van der Waals surface area contributed by atoms with Crippen LogP contribution in [0.15, 0.2) is 0 Å². The fourth-order valence-corrected chi connectivity index (χ4v) is 1.82. The van der Waals surface area contributed by atoms with Crippen LogP contribution in [0.4, 0.5) is 5.82 Å². The number of hydrogen-bond acceptors (Lipinski definition) is 3. The van der Waals surface area contributed by atoms with E-state index in [1.807, 2.05) is 6.92 Å². The lowest BCUT2D eigenvalue weighted by Gasteiger charge is -2.33. The summed E-state index contributed by atoms with van der Waals surface area (Å²) in [6, 6.07) is 0. The minimum Gasteiger partial charge on any atom is -0.382 e. The highest BCUT2D eigenvalue weighted by molar-refractivity contribution is 5.42. The summed E-state index contributed by atoms with van der Waals surface area (Å²) >= 11 is 0. The molecule has 4 nitrogen and oxygen atoms in total. The monoisotopic (exact) mass is 181 g/mol. The maximum atomic E-state index is 5.65. The van der Waals surface area contributed by atoms with E-state index in [9.17, 15) is 0 Å². The number of ether oxygens (including phenoxy) is 1. The van der Waals surface area contributed by atoms with Crippen LogP contribution in [0.25, 0.3) is 0 Å². The number of nitrogens with two attached hydrogens (primary N) is 1. The molecule has 4 heteroatoms. The Hall–Kier alpha value is -1.03. The van der Waals surface area contributed by atoms with Gasteiger partial charge in [-0.05, 0) is 19.8 Å². The zero-order chi connectivity index (χ0) is 9.42. The van der Waals surface area contributed by atoms with Gasteiger partial charge in [-0.2, -0.15) is 5.10 Å². The van der Waals surface area contributed by atoms with E-state index in [0.717, 1.165) is 18.4 Å². The Morgan fingerprint density at radius 2 is 2.23 bits per heavy atom. The lowest BCUT2D eigenvalue weighted by atomic mass is 9.79. The van der Waals surface area contributed by atoms with E-state index in [0.29, 0.717) is 17.8 Å². The second-order valence-corrected chi connectivity index (χ2v) is 3.67. The van der Waals surface area contributed by atoms with E-state index < -0.39 is 0 Å². The summed E-state index contributed by atoms with van der Waals surface area (Å²) in [6.45, 7) is 2.01. The first-order valence-corrected chi connectivity index (χ1v) is 4.55. The molecule has 0 saturated heterocycles. The summed E-state index contributed by atoms with van der Waals surface area (Å²) in [5.41, 5.74) is 7.93. The fourth-order valence-electron chi connectivity index (χ4n) is 1.82. The smallest absolute Gasteiger partial charge is 0.148 e. The molecule has 1 saturated carbocycles. The average molecular weight is 181 g/mol. The third-order valence-electron chi connectivity index (χ3n) is 2.92. The number of aromatic nitrogens is 2. The number of hydrogen-bond donors (Lipinski definition) is 2. The van der Waals surface area contributed by atoms with Gasteiger partial charge in [-0.3, -0.25) is 5.10 Å². The van der Waals surface area contributed by atoms with Gasteiger partial charge in [0.05, 0.1) is 6.10 Å². The van der Waals surface area contributed by atoms with Gasteiger partial charge in [0.2, 0.25) is 0 Å². The van der Waals surface area contributed by atoms with Gasteiger partial charge in [0.1, 0.15) is 5.82 Å². The molecule has 0 bridgehead atoms. The molecule has 72 valence electrons. The van der Waals surface area contributed by atoms with Crippen molar-refractivity contribution in [2.45, 2.75) is 31.8 Å². The first-order chi connectivity index (χ1) is 6.22. The maximum absolute atomic E-state index is 5.65. The third kappa shape index (κ3) is 1.31. The Labute approximate surface area is 77.5 Å². The molecule has 1 aromatic rings. The number of nitrogens with zero attached hydrogens (tertiary/aromatic N) is 1. The molecule has 1 aliphatic rings. The minimum atomic E-state index is 0.425. The zero-order valence-corrected chi connectivity index (χ0v) is 8.00. The van der Waals surface area contributed by atoms with Gasteiger partial charge in [0.15, 0.2) is 0 Å². The summed E-state index contributed by atoms with van der Waals surface area (Å²) in [6.07, 6.45) is 2.59. The van der Waals surface area contributed by atoms with Gasteiger partial charge in [0.25, 0.3) is 0 Å². The third-order valence-corrected chi connectivity index (χ3v) is 2.92. The quantitative estimate of drug-likeness (QED) is 0.720. The van der Waals surface area contributed by atoms with Crippen molar-refractivity contribution in [2.75, 3.05) is 12.8 Å². The highest BCUT2D eigenvalue weighted by Gasteiger charge is 2.32. The molecule has 0 radical (unpaired) electrons. The molecule has 0 spiro atoms. The summed E-state index contributed by atoms with van der Waals surface area (Å²) in [5.74, 6) is 1.19. The van der Waals surface area contributed by atoms with Crippen LogP contribution in [0.2, 0.25) is 0 Å². The molecular weight excluding hydrogens is 166 g/mol. The molecule has 1 aliphatic carbocycles. The molecule has 0 aromatic carbocycles. The summed E-state index contributed by atoms with van der Waals surface area (Å²) < 4.78 is 5.22. The van der Waals surface area contributed by atoms with E-state index >= 15 is 0 Å². The van der Waals surface area contributed by atoms with Gasteiger partial charge in [-0.25, -0.2) is 0 Å². The number of nitrogens with one attached hydrogen (secondary N) is 1. The average Bonchev–Trinajstić information content (AvgIpc) is 2.34. The Morgan fingerprint density at radius 1 is 1.54 bits per heavy atom. The Kier molecular flexibility index (Phi) is 2.00. The zero-order valence-electron chi connectivity index (χ0n) is 8.00. The molecule has 3 N–H and O–H groups in total. The minimum absolute atomic E-state index is 0.425. The molecular formula is C9H15N3O. The Balaban J connectivity index is 2.07. The highest BCUT2D eigenvalue weighted by Crippen LogP contribution is 2.39. The lowest BCUT2D eigenvalue weighted by Crippen LogP contribution is -2.29. The van der Waals surface area contributed by atoms with E-state index in [-0.39, 0.29) is 0 Å². The predicted octanol–water partition coefficient (Wildman–Crippen LogP) is 1.19. The van der Waals surface area contributed by atoms with Crippen molar-refractivity contribution in [3.05, 3.63) is 11.3 Å². The van der Waals surface area contributed by atoms with Crippen LogP contribution in [0.5, 0.6) is 0 Å². The number of nitrogen functional groups attached to an aromatic ring is 1. The van der Waals surface area contributed by atoms with Crippen LogP contribution in [0.3, 0.4) is 0 Å². The number of aromatic amines is 1. The Morgan fingerprint density at radius 3 is 2.69 bits per heavy atom. The normalized spacial score (nSPS) is 27.2. The standard InChI is InChI=1S/C9H15N3O/c1-5-8(11-12-9(5)10)6-3-7(4-6)13-2/h6-7H,3-4H2,1-2H3,(H3,10,11,12). The van der Waals surface area contributed by atoms with Crippen molar-refractivity contribution < 1.29 is 4.74 Å². The number of anilines is 1. The molecule has 13 heavy (non-hydrogen) atoms. The summed E-state index contributed by atoms with van der Waals surface area (Å²) in [5, 5.41) is 6.97. The van der Waals surface area contributed by atoms with Gasteiger partial charge in [0, 0.05) is 24.3 Å². The van der Waals surface area contributed by atoms with Crippen LogP contribution < -0.4 is 5.73 Å². The Bertz CT molecular complexity index is 302. The number of methoxy groups -OCH3 is 1. The van der Waals surface area contributed by atoms with Crippen molar-refractivity contribution in [3.63, 3.8) is 0 Å². The molecule has 0 atom stereocenters. The van der Waals surface area contributed by atoms with Crippen LogP contribution in [0.1, 0.15) is 30.0 Å². The van der Waals surface area contributed by atoms with Crippen molar-refractivity contribution in [1.82, 2.24) is 10.2 Å². The van der Waals surface area contributed by atoms with Crippen molar-refractivity contribution in [3.8, 4) is 0 Å². The van der Waals surface area contributed by atoms with E-state index in [2.05, 4.69) is 10.2 Å². The van der Waals surface area contributed by atoms with Crippen LogP contribution in [-0.4, -0.2) is 23.4 Å². The van der Waals surface area contributed by atoms with Crippen molar-refractivity contribution in [1.29, 1.82) is 0 Å². The predicted molar refractivity (Wildman–Crippen MR) is 50.5 cm³/mol. The lowest BCUT2D eigenvalue weighted by molar-refractivity contribution is 0.0246. The van der Waals surface area contributed by atoms with Gasteiger partial charge >= 0.3 is 0 Å². The topological polar surface area (TPSA) is 63.9 Å². The van der Waals surface area contributed by atoms with E-state index in [1.165, 1.54) is 5.69 Å². The van der Waals surface area contributed by atoms with Gasteiger partial charge in [-0.15, -0.1) is 0 Å². The van der Waals surface area contributed by atoms with Crippen LogP contribution in [-0.2, 0) is 4.74 Å². The van der Waals surface area contributed by atoms with Crippen LogP contribution in [0, 0.1) is 6.92 Å². The molecule has 0 amide bonds. The van der Waals surface area contributed by atoms with Crippen LogP contribution >= 0.6 is 0 Å². The molecule has 2 rings (SSSR count). The van der Waals surface area contributed by atoms with Crippen molar-refractivity contribution >= 4 is 5.82 Å². The second kappa shape index (κ2) is 3.03. The van der Waals surface area contributed by atoms with Crippen molar-refractivity contribution in [2.24, 2.45) is 0 Å². The summed E-state index contributed by atoms with van der Waals surface area (Å²) in [4.78, 5) is 0. The SMILES string of the molecule is COC1CC(c2[nH]nc(N)c2C)C1. The molecule has 0 unspecified atom stereocenters. The van der Waals surface area contributed by atoms with E-state index in [1.54, 1.807) is 7.11 Å². The maximum Gasteiger partial charge on any atom is 0.148 e. The molecule has 1 heterocycles. The number of rotatable bonds is 2. The van der Waals surface area contributed by atoms with Gasteiger partial charge in [-0.1, -0.05) is 0 Å². The molecule has 0 aliphatic heterocycles. The first kappa shape index (κ1) is 8.56. The molecule has 1 fully saturated rings. The largest absolute Gasteiger partial charge is 0.382 e. The highest BCUT2D eigenvalue weighted by atomic mass is 16.5. The van der Waals surface area contributed by atoms with Gasteiger partial charge < -0.3 is 10.5 Å². The molecule has 1 aromatic heterocycles.